The van der Waals surface area contributed by atoms with Crippen molar-refractivity contribution >= 4 is 22.9 Å². The van der Waals surface area contributed by atoms with Gasteiger partial charge in [0.1, 0.15) is 0 Å². The van der Waals surface area contributed by atoms with Gasteiger partial charge in [-0.25, -0.2) is 9.78 Å². The van der Waals surface area contributed by atoms with Crippen LogP contribution in [0.1, 0.15) is 12.6 Å². The Hall–Kier alpha value is -1.07. The smallest absolute Gasteiger partial charge is 0.300 e. The van der Waals surface area contributed by atoms with Gasteiger partial charge in [0.05, 0.1) is 12.2 Å². The van der Waals surface area contributed by atoms with Crippen molar-refractivity contribution in [2.75, 3.05) is 0 Å². The topological polar surface area (TPSA) is 39.8 Å². The van der Waals surface area contributed by atoms with Crippen LogP contribution in [0.4, 0.5) is 0 Å². The molecular weight excluding hydrogens is 234 g/mol. The molecule has 0 saturated heterocycles. The van der Waals surface area contributed by atoms with E-state index < -0.39 is 0 Å². The first-order chi connectivity index (χ1) is 7.20. The summed E-state index contributed by atoms with van der Waals surface area (Å²) in [5, 5.41) is 1.86. The Labute approximate surface area is 95.8 Å². The van der Waals surface area contributed by atoms with Gasteiger partial charge in [-0.05, 0) is 6.92 Å². The first kappa shape index (κ1) is 10.4. The molecule has 0 atom stereocenters. The molecule has 80 valence electrons. The molecule has 0 bridgehead atoms. The molecule has 0 unspecified atom stereocenters. The summed E-state index contributed by atoms with van der Waals surface area (Å²) < 4.78 is 3.77. The van der Waals surface area contributed by atoms with Crippen LogP contribution in [0, 0.1) is 0 Å². The molecule has 0 amide bonds. The minimum atomic E-state index is -0.0124. The van der Waals surface area contributed by atoms with E-state index in [9.17, 15) is 4.79 Å². The van der Waals surface area contributed by atoms with Crippen molar-refractivity contribution in [2.45, 2.75) is 20.0 Å². The van der Waals surface area contributed by atoms with Crippen LogP contribution >= 0.6 is 22.9 Å². The average Bonchev–Trinajstić information content (AvgIpc) is 2.76. The van der Waals surface area contributed by atoms with E-state index >= 15 is 0 Å². The van der Waals surface area contributed by atoms with Crippen LogP contribution in [0.2, 0.25) is 4.47 Å². The number of imidazole rings is 1. The van der Waals surface area contributed by atoms with Gasteiger partial charge in [0.15, 0.2) is 4.47 Å². The lowest BCUT2D eigenvalue weighted by atomic mass is 10.5. The molecule has 0 radical (unpaired) electrons. The van der Waals surface area contributed by atoms with Gasteiger partial charge in [-0.1, -0.05) is 11.6 Å². The second-order valence-electron chi connectivity index (χ2n) is 3.09. The van der Waals surface area contributed by atoms with Gasteiger partial charge in [0.2, 0.25) is 0 Å². The highest BCUT2D eigenvalue weighted by Gasteiger charge is 2.04. The lowest BCUT2D eigenvalue weighted by Gasteiger charge is -1.97. The highest BCUT2D eigenvalue weighted by Crippen LogP contribution is 2.15. The van der Waals surface area contributed by atoms with Crippen molar-refractivity contribution in [1.29, 1.82) is 0 Å². The SMILES string of the molecule is CCn1ccn(Cc2csc(Cl)n2)c1=O. The van der Waals surface area contributed by atoms with Gasteiger partial charge in [-0.15, -0.1) is 11.3 Å². The van der Waals surface area contributed by atoms with Crippen LogP contribution in [0.15, 0.2) is 22.6 Å². The first-order valence-corrected chi connectivity index (χ1v) is 5.82. The van der Waals surface area contributed by atoms with E-state index in [1.54, 1.807) is 21.5 Å². The van der Waals surface area contributed by atoms with Crippen molar-refractivity contribution < 1.29 is 0 Å². The maximum absolute atomic E-state index is 11.7. The average molecular weight is 244 g/mol. The zero-order valence-electron chi connectivity index (χ0n) is 8.18. The third kappa shape index (κ3) is 2.13. The predicted molar refractivity (Wildman–Crippen MR) is 60.6 cm³/mol. The predicted octanol–water partition coefficient (Wildman–Crippen LogP) is 1.83. The molecule has 4 nitrogen and oxygen atoms in total. The fraction of sp³-hybridized carbons (Fsp3) is 0.333. The molecule has 6 heteroatoms. The summed E-state index contributed by atoms with van der Waals surface area (Å²) in [6, 6.07) is 0. The highest BCUT2D eigenvalue weighted by molar-refractivity contribution is 7.13. The highest BCUT2D eigenvalue weighted by atomic mass is 35.5. The van der Waals surface area contributed by atoms with E-state index in [0.717, 1.165) is 5.69 Å². The molecule has 0 aliphatic heterocycles. The van der Waals surface area contributed by atoms with Crippen LogP contribution < -0.4 is 5.69 Å². The van der Waals surface area contributed by atoms with E-state index in [4.69, 9.17) is 11.6 Å². The Morgan fingerprint density at radius 3 is 2.73 bits per heavy atom. The van der Waals surface area contributed by atoms with E-state index in [1.807, 2.05) is 12.3 Å². The lowest BCUT2D eigenvalue weighted by molar-refractivity contribution is 0.663. The summed E-state index contributed by atoms with van der Waals surface area (Å²) in [5.41, 5.74) is 0.808. The lowest BCUT2D eigenvalue weighted by Crippen LogP contribution is -2.23. The van der Waals surface area contributed by atoms with E-state index in [-0.39, 0.29) is 5.69 Å². The number of aryl methyl sites for hydroxylation is 1. The summed E-state index contributed by atoms with van der Waals surface area (Å²) in [4.78, 5) is 15.8. The third-order valence-electron chi connectivity index (χ3n) is 2.11. The molecule has 0 N–H and O–H groups in total. The number of hydrogen-bond acceptors (Lipinski definition) is 3. The van der Waals surface area contributed by atoms with Gasteiger partial charge >= 0.3 is 5.69 Å². The summed E-state index contributed by atoms with van der Waals surface area (Å²) in [6.07, 6.45) is 3.54. The third-order valence-corrected chi connectivity index (χ3v) is 3.14. The van der Waals surface area contributed by atoms with Crippen molar-refractivity contribution in [3.8, 4) is 0 Å². The molecule has 0 saturated carbocycles. The van der Waals surface area contributed by atoms with Gasteiger partial charge in [0.25, 0.3) is 0 Å². The zero-order valence-corrected chi connectivity index (χ0v) is 9.75. The Bertz CT molecular complexity index is 513. The molecule has 0 aliphatic carbocycles. The maximum Gasteiger partial charge on any atom is 0.328 e. The maximum atomic E-state index is 11.7. The fourth-order valence-corrected chi connectivity index (χ4v) is 2.12. The standard InChI is InChI=1S/C9H10ClN3OS/c1-2-12-3-4-13(9(12)14)5-7-6-15-8(10)11-7/h3-4,6H,2,5H2,1H3. The van der Waals surface area contributed by atoms with Gasteiger partial charge in [0, 0.05) is 24.3 Å². The summed E-state index contributed by atoms with van der Waals surface area (Å²) in [5.74, 6) is 0. The number of hydrogen-bond donors (Lipinski definition) is 0. The van der Waals surface area contributed by atoms with E-state index in [1.165, 1.54) is 11.3 Å². The van der Waals surface area contributed by atoms with Crippen LogP contribution in [-0.4, -0.2) is 14.1 Å². The van der Waals surface area contributed by atoms with Crippen molar-refractivity contribution in [2.24, 2.45) is 0 Å². The van der Waals surface area contributed by atoms with Crippen molar-refractivity contribution in [3.63, 3.8) is 0 Å². The number of aromatic nitrogens is 3. The quantitative estimate of drug-likeness (QED) is 0.825. The molecule has 0 fully saturated rings. The zero-order chi connectivity index (χ0) is 10.8. The van der Waals surface area contributed by atoms with Gasteiger partial charge in [-0.3, -0.25) is 9.13 Å². The fourth-order valence-electron chi connectivity index (χ4n) is 1.34. The van der Waals surface area contributed by atoms with Crippen molar-refractivity contribution in [3.05, 3.63) is 38.4 Å². The normalized spacial score (nSPS) is 10.8. The molecule has 0 spiro atoms. The number of halogens is 1. The Kier molecular flexibility index (Phi) is 2.93. The van der Waals surface area contributed by atoms with E-state index in [2.05, 4.69) is 4.98 Å². The molecule has 2 aromatic rings. The van der Waals surface area contributed by atoms with Gasteiger partial charge in [-0.2, -0.15) is 0 Å². The molecule has 2 rings (SSSR count). The Balaban J connectivity index is 2.25. The molecule has 2 aromatic heterocycles. The van der Waals surface area contributed by atoms with Crippen LogP contribution in [0.3, 0.4) is 0 Å². The second-order valence-corrected chi connectivity index (χ2v) is 4.53. The molecule has 15 heavy (non-hydrogen) atoms. The summed E-state index contributed by atoms with van der Waals surface area (Å²) in [6.45, 7) is 3.10. The molecular formula is C9H10ClN3OS. The monoisotopic (exact) mass is 243 g/mol. The minimum absolute atomic E-state index is 0.0124. The molecule has 0 aromatic carbocycles. The Morgan fingerprint density at radius 2 is 2.20 bits per heavy atom. The van der Waals surface area contributed by atoms with Gasteiger partial charge < -0.3 is 0 Å². The molecule has 0 aliphatic rings. The number of rotatable bonds is 3. The largest absolute Gasteiger partial charge is 0.328 e. The number of nitrogens with zero attached hydrogens (tertiary/aromatic N) is 3. The Morgan fingerprint density at radius 1 is 1.47 bits per heavy atom. The summed E-state index contributed by atoms with van der Waals surface area (Å²) >= 11 is 7.09. The minimum Gasteiger partial charge on any atom is -0.300 e. The van der Waals surface area contributed by atoms with Crippen molar-refractivity contribution in [1.82, 2.24) is 14.1 Å². The number of thiazole rings is 1. The van der Waals surface area contributed by atoms with Crippen LogP contribution in [-0.2, 0) is 13.1 Å². The second kappa shape index (κ2) is 4.20. The van der Waals surface area contributed by atoms with Crippen LogP contribution in [0.25, 0.3) is 0 Å². The van der Waals surface area contributed by atoms with E-state index in [0.29, 0.717) is 17.6 Å². The first-order valence-electron chi connectivity index (χ1n) is 4.56. The molecule has 2 heterocycles. The summed E-state index contributed by atoms with van der Waals surface area (Å²) in [7, 11) is 0. The van der Waals surface area contributed by atoms with Crippen LogP contribution in [0.5, 0.6) is 0 Å².